The number of benzene rings is 1. The van der Waals surface area contributed by atoms with E-state index in [1.165, 1.54) is 0 Å². The Balaban J connectivity index is 1.97. The summed E-state index contributed by atoms with van der Waals surface area (Å²) in [6, 6.07) is 9.13. The molecule has 0 radical (unpaired) electrons. The maximum atomic E-state index is 12.0. The first kappa shape index (κ1) is 12.8. The molecule has 4 heteroatoms. The minimum absolute atomic E-state index is 0.231. The second kappa shape index (κ2) is 5.33. The molecule has 4 nitrogen and oxygen atoms in total. The van der Waals surface area contributed by atoms with Crippen LogP contribution in [0.2, 0.25) is 0 Å². The zero-order valence-corrected chi connectivity index (χ0v) is 10.2. The second-order valence-corrected chi connectivity index (χ2v) is 4.62. The predicted octanol–water partition coefficient (Wildman–Crippen LogP) is 1.10. The minimum atomic E-state index is -1.09. The third kappa shape index (κ3) is 2.60. The average Bonchev–Trinajstić information content (AvgIpc) is 2.40. The van der Waals surface area contributed by atoms with Gasteiger partial charge in [0.25, 0.3) is 0 Å². The summed E-state index contributed by atoms with van der Waals surface area (Å²) in [4.78, 5) is 12.0. The summed E-state index contributed by atoms with van der Waals surface area (Å²) in [5.41, 5.74) is 11.8. The molecule has 96 valence electrons. The van der Waals surface area contributed by atoms with Gasteiger partial charge in [-0.05, 0) is 18.4 Å². The van der Waals surface area contributed by atoms with Crippen molar-refractivity contribution < 1.29 is 9.53 Å². The maximum Gasteiger partial charge on any atom is 0.328 e. The van der Waals surface area contributed by atoms with E-state index in [-0.39, 0.29) is 12.6 Å². The number of nitrogens with two attached hydrogens (primary N) is 2. The Morgan fingerprint density at radius 1 is 1.33 bits per heavy atom. The van der Waals surface area contributed by atoms with Gasteiger partial charge in [0.1, 0.15) is 12.1 Å². The maximum absolute atomic E-state index is 12.0. The largest absolute Gasteiger partial charge is 0.459 e. The lowest BCUT2D eigenvalue weighted by molar-refractivity contribution is -0.152. The standard InChI is InChI=1S/C14H18N2O2/c15-12-8-4-5-9-14(12,16)13(17)18-10-11-6-2-1-3-7-11/h1-7,12H,8-10,15-16H2. The van der Waals surface area contributed by atoms with E-state index in [9.17, 15) is 4.79 Å². The number of rotatable bonds is 3. The SMILES string of the molecule is NC1CC=CCC1(N)C(=O)OCc1ccccc1. The van der Waals surface area contributed by atoms with E-state index in [0.717, 1.165) is 5.56 Å². The number of carbonyl (C=O) groups excluding carboxylic acids is 1. The molecule has 1 aromatic rings. The highest BCUT2D eigenvalue weighted by Gasteiger charge is 2.41. The molecule has 0 aliphatic heterocycles. The Bertz CT molecular complexity index is 444. The van der Waals surface area contributed by atoms with Crippen LogP contribution in [-0.2, 0) is 16.1 Å². The highest BCUT2D eigenvalue weighted by atomic mass is 16.5. The monoisotopic (exact) mass is 246 g/mol. The zero-order chi connectivity index (χ0) is 13.0. The highest BCUT2D eigenvalue weighted by molar-refractivity contribution is 5.82. The molecule has 2 atom stereocenters. The van der Waals surface area contributed by atoms with Gasteiger partial charge in [-0.25, -0.2) is 4.79 Å². The van der Waals surface area contributed by atoms with E-state index >= 15 is 0 Å². The van der Waals surface area contributed by atoms with Crippen molar-refractivity contribution in [1.29, 1.82) is 0 Å². The number of carbonyl (C=O) groups is 1. The van der Waals surface area contributed by atoms with Crippen LogP contribution in [0.1, 0.15) is 18.4 Å². The summed E-state index contributed by atoms with van der Waals surface area (Å²) >= 11 is 0. The topological polar surface area (TPSA) is 78.3 Å². The van der Waals surface area contributed by atoms with Crippen molar-refractivity contribution in [3.8, 4) is 0 Å². The predicted molar refractivity (Wildman–Crippen MR) is 69.5 cm³/mol. The van der Waals surface area contributed by atoms with Gasteiger partial charge in [-0.2, -0.15) is 0 Å². The number of hydrogen-bond donors (Lipinski definition) is 2. The lowest BCUT2D eigenvalue weighted by atomic mass is 9.82. The summed E-state index contributed by atoms with van der Waals surface area (Å²) in [6.45, 7) is 0.231. The molecule has 18 heavy (non-hydrogen) atoms. The fraction of sp³-hybridized carbons (Fsp3) is 0.357. The molecule has 0 aromatic heterocycles. The normalized spacial score (nSPS) is 26.9. The molecule has 0 bridgehead atoms. The molecule has 4 N–H and O–H groups in total. The Morgan fingerprint density at radius 2 is 2.06 bits per heavy atom. The molecule has 1 aliphatic carbocycles. The van der Waals surface area contributed by atoms with Crippen LogP contribution in [0.3, 0.4) is 0 Å². The third-order valence-electron chi connectivity index (χ3n) is 3.27. The summed E-state index contributed by atoms with van der Waals surface area (Å²) < 4.78 is 5.26. The van der Waals surface area contributed by atoms with E-state index in [2.05, 4.69) is 0 Å². The highest BCUT2D eigenvalue weighted by Crippen LogP contribution is 2.22. The molecule has 2 unspecified atom stereocenters. The molecular weight excluding hydrogens is 228 g/mol. The first-order chi connectivity index (χ1) is 8.63. The quantitative estimate of drug-likeness (QED) is 0.618. The fourth-order valence-electron chi connectivity index (χ4n) is 1.98. The molecule has 0 heterocycles. The van der Waals surface area contributed by atoms with Gasteiger partial charge >= 0.3 is 5.97 Å². The van der Waals surface area contributed by atoms with Crippen molar-refractivity contribution >= 4 is 5.97 Å². The molecule has 0 saturated heterocycles. The number of esters is 1. The Hall–Kier alpha value is -1.65. The fourth-order valence-corrected chi connectivity index (χ4v) is 1.98. The van der Waals surface area contributed by atoms with Crippen molar-refractivity contribution in [1.82, 2.24) is 0 Å². The van der Waals surface area contributed by atoms with Gasteiger partial charge in [-0.15, -0.1) is 0 Å². The van der Waals surface area contributed by atoms with E-state index in [0.29, 0.717) is 12.8 Å². The van der Waals surface area contributed by atoms with Crippen molar-refractivity contribution in [2.45, 2.75) is 31.0 Å². The Labute approximate surface area is 107 Å². The molecule has 0 fully saturated rings. The van der Waals surface area contributed by atoms with Crippen LogP contribution in [0.15, 0.2) is 42.5 Å². The smallest absolute Gasteiger partial charge is 0.328 e. The Morgan fingerprint density at radius 3 is 2.72 bits per heavy atom. The first-order valence-electron chi connectivity index (χ1n) is 6.03. The molecule has 0 spiro atoms. The van der Waals surface area contributed by atoms with Crippen molar-refractivity contribution in [3.63, 3.8) is 0 Å². The lowest BCUT2D eigenvalue weighted by Crippen LogP contribution is -2.62. The van der Waals surface area contributed by atoms with Crippen LogP contribution < -0.4 is 11.5 Å². The van der Waals surface area contributed by atoms with Crippen molar-refractivity contribution in [3.05, 3.63) is 48.0 Å². The zero-order valence-electron chi connectivity index (χ0n) is 10.2. The summed E-state index contributed by atoms with van der Waals surface area (Å²) in [7, 11) is 0. The molecule has 1 aliphatic rings. The van der Waals surface area contributed by atoms with Crippen molar-refractivity contribution in [2.24, 2.45) is 11.5 Å². The van der Waals surface area contributed by atoms with Gasteiger partial charge in [0, 0.05) is 6.04 Å². The third-order valence-corrected chi connectivity index (χ3v) is 3.27. The first-order valence-corrected chi connectivity index (χ1v) is 6.03. The lowest BCUT2D eigenvalue weighted by Gasteiger charge is -2.33. The van der Waals surface area contributed by atoms with Gasteiger partial charge in [0.2, 0.25) is 0 Å². The number of ether oxygens (including phenoxy) is 1. The summed E-state index contributed by atoms with van der Waals surface area (Å²) in [5.74, 6) is -0.428. The molecule has 0 amide bonds. The van der Waals surface area contributed by atoms with Crippen LogP contribution in [0, 0.1) is 0 Å². The van der Waals surface area contributed by atoms with E-state index < -0.39 is 11.5 Å². The minimum Gasteiger partial charge on any atom is -0.459 e. The van der Waals surface area contributed by atoms with Crippen LogP contribution >= 0.6 is 0 Å². The van der Waals surface area contributed by atoms with Gasteiger partial charge in [-0.3, -0.25) is 0 Å². The van der Waals surface area contributed by atoms with E-state index in [1.807, 2.05) is 42.5 Å². The molecular formula is C14H18N2O2. The van der Waals surface area contributed by atoms with Crippen LogP contribution in [0.4, 0.5) is 0 Å². The van der Waals surface area contributed by atoms with Gasteiger partial charge in [0.15, 0.2) is 0 Å². The summed E-state index contributed by atoms with van der Waals surface area (Å²) in [6.07, 6.45) is 4.87. The summed E-state index contributed by atoms with van der Waals surface area (Å²) in [5, 5.41) is 0. The van der Waals surface area contributed by atoms with Gasteiger partial charge < -0.3 is 16.2 Å². The van der Waals surface area contributed by atoms with Crippen LogP contribution in [0.5, 0.6) is 0 Å². The number of hydrogen-bond acceptors (Lipinski definition) is 4. The van der Waals surface area contributed by atoms with Gasteiger partial charge in [0.05, 0.1) is 0 Å². The van der Waals surface area contributed by atoms with Crippen LogP contribution in [0.25, 0.3) is 0 Å². The molecule has 2 rings (SSSR count). The second-order valence-electron chi connectivity index (χ2n) is 4.62. The van der Waals surface area contributed by atoms with E-state index in [1.54, 1.807) is 0 Å². The van der Waals surface area contributed by atoms with Gasteiger partial charge in [-0.1, -0.05) is 42.5 Å². The van der Waals surface area contributed by atoms with E-state index in [4.69, 9.17) is 16.2 Å². The Kier molecular flexibility index (Phi) is 3.79. The molecule has 0 saturated carbocycles. The van der Waals surface area contributed by atoms with Crippen LogP contribution in [-0.4, -0.2) is 17.6 Å². The molecule has 1 aromatic carbocycles. The van der Waals surface area contributed by atoms with Crippen molar-refractivity contribution in [2.75, 3.05) is 0 Å². The average molecular weight is 246 g/mol.